The number of allylic oxidation sites excluding steroid dienone is 1. The Bertz CT molecular complexity index is 871. The number of thiophene rings is 1. The van der Waals surface area contributed by atoms with Crippen LogP contribution in [0.25, 0.3) is 0 Å². The van der Waals surface area contributed by atoms with Gasteiger partial charge in [0.1, 0.15) is 0 Å². The van der Waals surface area contributed by atoms with Gasteiger partial charge in [-0.25, -0.2) is 0 Å². The predicted molar refractivity (Wildman–Crippen MR) is 102 cm³/mol. The highest BCUT2D eigenvalue weighted by Gasteiger charge is 2.38. The van der Waals surface area contributed by atoms with Crippen LogP contribution in [0.4, 0.5) is 5.69 Å². The zero-order chi connectivity index (χ0) is 17.4. The number of halogens is 1. The van der Waals surface area contributed by atoms with Gasteiger partial charge in [-0.15, -0.1) is 11.3 Å². The molecule has 1 aromatic carbocycles. The van der Waals surface area contributed by atoms with Crippen LogP contribution < -0.4 is 4.90 Å². The van der Waals surface area contributed by atoms with Crippen molar-refractivity contribution < 1.29 is 4.79 Å². The Hall–Kier alpha value is -1.94. The van der Waals surface area contributed by atoms with Gasteiger partial charge < -0.3 is 4.90 Å². The second kappa shape index (κ2) is 6.75. The average molecular weight is 388 g/mol. The summed E-state index contributed by atoms with van der Waals surface area (Å²) in [6.45, 7) is 0.463. The number of amides is 1. The Morgan fingerprint density at radius 3 is 2.72 bits per heavy atom. The van der Waals surface area contributed by atoms with Crippen LogP contribution in [-0.2, 0) is 4.79 Å². The van der Waals surface area contributed by atoms with Gasteiger partial charge in [0.15, 0.2) is 0 Å². The number of nitriles is 1. The number of thioether (sulfide) groups is 1. The molecule has 1 aromatic heterocycles. The summed E-state index contributed by atoms with van der Waals surface area (Å²) < 4.78 is 0. The minimum absolute atomic E-state index is 0.0681. The van der Waals surface area contributed by atoms with Crippen molar-refractivity contribution in [2.75, 3.05) is 17.4 Å². The van der Waals surface area contributed by atoms with Gasteiger partial charge in [-0.3, -0.25) is 9.69 Å². The van der Waals surface area contributed by atoms with Gasteiger partial charge >= 0.3 is 0 Å². The summed E-state index contributed by atoms with van der Waals surface area (Å²) in [6, 6.07) is 13.9. The number of anilines is 1. The SMILES string of the molecule is N#CC1=C2SCN(c3ccc(Cl)cc3)CN2C(=O)CC1c1cccs1. The molecule has 126 valence electrons. The van der Waals surface area contributed by atoms with Gasteiger partial charge in [-0.05, 0) is 35.7 Å². The molecular weight excluding hydrogens is 374 g/mol. The fourth-order valence-corrected chi connectivity index (χ4v) is 5.24. The van der Waals surface area contributed by atoms with Crippen molar-refractivity contribution in [3.8, 4) is 6.07 Å². The van der Waals surface area contributed by atoms with Crippen molar-refractivity contribution >= 4 is 46.3 Å². The van der Waals surface area contributed by atoms with E-state index in [0.29, 0.717) is 29.6 Å². The molecule has 1 fully saturated rings. The molecule has 7 heteroatoms. The van der Waals surface area contributed by atoms with E-state index in [0.717, 1.165) is 15.6 Å². The number of benzene rings is 1. The number of nitrogens with zero attached hydrogens (tertiary/aromatic N) is 3. The molecule has 4 rings (SSSR count). The summed E-state index contributed by atoms with van der Waals surface area (Å²) >= 11 is 9.11. The van der Waals surface area contributed by atoms with Crippen LogP contribution in [0.15, 0.2) is 52.4 Å². The molecule has 0 bridgehead atoms. The first-order valence-electron chi connectivity index (χ1n) is 7.78. The first-order chi connectivity index (χ1) is 12.2. The highest BCUT2D eigenvalue weighted by molar-refractivity contribution is 8.03. The Morgan fingerprint density at radius 1 is 1.24 bits per heavy atom. The van der Waals surface area contributed by atoms with E-state index in [1.165, 1.54) is 0 Å². The number of carbonyl (C=O) groups excluding carboxylic acids is 1. The van der Waals surface area contributed by atoms with Crippen molar-refractivity contribution in [1.29, 1.82) is 5.26 Å². The molecule has 0 radical (unpaired) electrons. The molecular formula is C18H14ClN3OS2. The average Bonchev–Trinajstić information content (AvgIpc) is 3.16. The van der Waals surface area contributed by atoms with Gasteiger partial charge in [0.2, 0.25) is 5.91 Å². The molecule has 2 aliphatic rings. The van der Waals surface area contributed by atoms with Gasteiger partial charge in [0, 0.05) is 27.9 Å². The lowest BCUT2D eigenvalue weighted by molar-refractivity contribution is -0.129. The minimum Gasteiger partial charge on any atom is -0.344 e. The van der Waals surface area contributed by atoms with Gasteiger partial charge in [-0.1, -0.05) is 29.4 Å². The standard InChI is InChI=1S/C18H14ClN3OS2/c19-12-3-5-13(6-4-12)21-10-22-17(23)8-14(16-2-1-7-24-16)15(9-20)18(22)25-11-21/h1-7,14H,8,10-11H2. The quantitative estimate of drug-likeness (QED) is 0.754. The normalized spacial score (nSPS) is 20.5. The van der Waals surface area contributed by atoms with Crippen LogP contribution in [-0.4, -0.2) is 23.4 Å². The molecule has 25 heavy (non-hydrogen) atoms. The van der Waals surface area contributed by atoms with Gasteiger partial charge in [-0.2, -0.15) is 5.26 Å². The van der Waals surface area contributed by atoms with Gasteiger partial charge in [0.25, 0.3) is 0 Å². The molecule has 1 amide bonds. The van der Waals surface area contributed by atoms with E-state index < -0.39 is 0 Å². The smallest absolute Gasteiger partial charge is 0.229 e. The number of hydrogen-bond donors (Lipinski definition) is 0. The molecule has 3 heterocycles. The summed E-state index contributed by atoms with van der Waals surface area (Å²) in [5.74, 6) is 0.653. The lowest BCUT2D eigenvalue weighted by Gasteiger charge is -2.41. The fourth-order valence-electron chi connectivity index (χ4n) is 3.11. The Labute approximate surface area is 159 Å². The molecule has 1 unspecified atom stereocenters. The monoisotopic (exact) mass is 387 g/mol. The van der Waals surface area contributed by atoms with E-state index in [2.05, 4.69) is 11.0 Å². The molecule has 1 atom stereocenters. The van der Waals surface area contributed by atoms with Crippen molar-refractivity contribution in [3.05, 3.63) is 62.3 Å². The molecule has 2 aromatic rings. The van der Waals surface area contributed by atoms with E-state index in [4.69, 9.17) is 11.6 Å². The molecule has 4 nitrogen and oxygen atoms in total. The highest BCUT2D eigenvalue weighted by Crippen LogP contribution is 2.44. The molecule has 0 saturated carbocycles. The lowest BCUT2D eigenvalue weighted by atomic mass is 9.92. The van der Waals surface area contributed by atoms with Crippen LogP contribution >= 0.6 is 34.7 Å². The Kier molecular flexibility index (Phi) is 4.46. The van der Waals surface area contributed by atoms with Crippen LogP contribution in [0.3, 0.4) is 0 Å². The first-order valence-corrected chi connectivity index (χ1v) is 10.0. The summed E-state index contributed by atoms with van der Waals surface area (Å²) in [5, 5.41) is 13.2. The largest absolute Gasteiger partial charge is 0.344 e. The van der Waals surface area contributed by atoms with E-state index in [1.54, 1.807) is 28.0 Å². The summed E-state index contributed by atoms with van der Waals surface area (Å²) in [4.78, 5) is 17.7. The van der Waals surface area contributed by atoms with Crippen LogP contribution in [0.2, 0.25) is 5.02 Å². The number of carbonyl (C=O) groups is 1. The Morgan fingerprint density at radius 2 is 2.04 bits per heavy atom. The van der Waals surface area contributed by atoms with E-state index in [-0.39, 0.29) is 11.8 Å². The summed E-state index contributed by atoms with van der Waals surface area (Å²) in [7, 11) is 0. The minimum atomic E-state index is -0.113. The van der Waals surface area contributed by atoms with E-state index in [9.17, 15) is 10.1 Å². The summed E-state index contributed by atoms with van der Waals surface area (Å²) in [5.41, 5.74) is 1.73. The van der Waals surface area contributed by atoms with Crippen molar-refractivity contribution in [2.45, 2.75) is 12.3 Å². The number of fused-ring (bicyclic) bond motifs is 1. The zero-order valence-corrected chi connectivity index (χ0v) is 15.6. The maximum absolute atomic E-state index is 12.8. The van der Waals surface area contributed by atoms with Crippen LogP contribution in [0.1, 0.15) is 17.2 Å². The topological polar surface area (TPSA) is 47.3 Å². The molecule has 1 saturated heterocycles. The number of hydrogen-bond acceptors (Lipinski definition) is 5. The van der Waals surface area contributed by atoms with Crippen molar-refractivity contribution in [1.82, 2.24) is 4.90 Å². The van der Waals surface area contributed by atoms with Crippen molar-refractivity contribution in [3.63, 3.8) is 0 Å². The maximum Gasteiger partial charge on any atom is 0.229 e. The molecule has 2 aliphatic heterocycles. The third kappa shape index (κ3) is 3.04. The Balaban J connectivity index is 1.65. The first kappa shape index (κ1) is 16.5. The highest BCUT2D eigenvalue weighted by atomic mass is 35.5. The maximum atomic E-state index is 12.8. The molecule has 0 spiro atoms. The van der Waals surface area contributed by atoms with Crippen LogP contribution in [0, 0.1) is 11.3 Å². The zero-order valence-electron chi connectivity index (χ0n) is 13.2. The third-order valence-electron chi connectivity index (χ3n) is 4.37. The van der Waals surface area contributed by atoms with Gasteiger partial charge in [0.05, 0.1) is 29.2 Å². The predicted octanol–water partition coefficient (Wildman–Crippen LogP) is 4.62. The molecule has 0 aliphatic carbocycles. The molecule has 0 N–H and O–H groups in total. The summed E-state index contributed by atoms with van der Waals surface area (Å²) in [6.07, 6.45) is 0.349. The fraction of sp³-hybridized carbons (Fsp3) is 0.222. The third-order valence-corrected chi connectivity index (χ3v) is 6.76. The van der Waals surface area contributed by atoms with E-state index in [1.807, 2.05) is 41.8 Å². The lowest BCUT2D eigenvalue weighted by Crippen LogP contribution is -2.47. The number of rotatable bonds is 2. The van der Waals surface area contributed by atoms with E-state index >= 15 is 0 Å². The second-order valence-electron chi connectivity index (χ2n) is 5.86. The second-order valence-corrected chi connectivity index (χ2v) is 8.20. The van der Waals surface area contributed by atoms with Crippen molar-refractivity contribution in [2.24, 2.45) is 0 Å². The van der Waals surface area contributed by atoms with Crippen LogP contribution in [0.5, 0.6) is 0 Å².